The standard InChI is InChI=1S/C11H7Cl2NO/c1-6(15)7-2-3-8-9(4-7)11(13)14-5-10(8)12/h2-5H,1H3. The van der Waals surface area contributed by atoms with Gasteiger partial charge in [-0.25, -0.2) is 4.98 Å². The van der Waals surface area contributed by atoms with Crippen LogP contribution in [0.1, 0.15) is 17.3 Å². The summed E-state index contributed by atoms with van der Waals surface area (Å²) >= 11 is 11.9. The van der Waals surface area contributed by atoms with Crippen molar-refractivity contribution in [2.24, 2.45) is 0 Å². The summed E-state index contributed by atoms with van der Waals surface area (Å²) in [5.74, 6) is -0.00654. The third-order valence-corrected chi connectivity index (χ3v) is 2.80. The highest BCUT2D eigenvalue weighted by atomic mass is 35.5. The fraction of sp³-hybridized carbons (Fsp3) is 0.0909. The molecule has 2 nitrogen and oxygen atoms in total. The molecule has 15 heavy (non-hydrogen) atoms. The molecule has 0 saturated carbocycles. The zero-order valence-electron chi connectivity index (χ0n) is 7.92. The fourth-order valence-electron chi connectivity index (χ4n) is 1.39. The lowest BCUT2D eigenvalue weighted by Crippen LogP contribution is -1.92. The Balaban J connectivity index is 2.81. The Kier molecular flexibility index (Phi) is 2.63. The second-order valence-corrected chi connectivity index (χ2v) is 3.98. The van der Waals surface area contributed by atoms with E-state index in [-0.39, 0.29) is 5.78 Å². The first-order valence-corrected chi connectivity index (χ1v) is 5.10. The van der Waals surface area contributed by atoms with Gasteiger partial charge < -0.3 is 0 Å². The number of hydrogen-bond donors (Lipinski definition) is 0. The maximum absolute atomic E-state index is 11.2. The van der Waals surface area contributed by atoms with E-state index in [2.05, 4.69) is 4.98 Å². The topological polar surface area (TPSA) is 30.0 Å². The summed E-state index contributed by atoms with van der Waals surface area (Å²) in [5.41, 5.74) is 0.605. The molecular weight excluding hydrogens is 233 g/mol. The van der Waals surface area contributed by atoms with Crippen molar-refractivity contribution in [3.05, 3.63) is 40.1 Å². The lowest BCUT2D eigenvalue weighted by Gasteiger charge is -2.03. The smallest absolute Gasteiger partial charge is 0.159 e. The number of nitrogens with zero attached hydrogens (tertiary/aromatic N) is 1. The first kappa shape index (κ1) is 10.4. The highest BCUT2D eigenvalue weighted by molar-refractivity contribution is 6.39. The summed E-state index contributed by atoms with van der Waals surface area (Å²) < 4.78 is 0. The van der Waals surface area contributed by atoms with Gasteiger partial charge in [0.15, 0.2) is 5.78 Å². The van der Waals surface area contributed by atoms with Gasteiger partial charge in [0.2, 0.25) is 0 Å². The SMILES string of the molecule is CC(=O)c1ccc2c(Cl)cnc(Cl)c2c1. The van der Waals surface area contributed by atoms with Crippen molar-refractivity contribution in [2.75, 3.05) is 0 Å². The Labute approximate surface area is 96.8 Å². The van der Waals surface area contributed by atoms with Crippen LogP contribution in [0.2, 0.25) is 10.2 Å². The molecule has 2 aromatic rings. The maximum Gasteiger partial charge on any atom is 0.159 e. The first-order valence-electron chi connectivity index (χ1n) is 4.34. The largest absolute Gasteiger partial charge is 0.295 e. The summed E-state index contributed by atoms with van der Waals surface area (Å²) in [4.78, 5) is 15.1. The normalized spacial score (nSPS) is 10.6. The first-order chi connectivity index (χ1) is 7.09. The number of carbonyl (C=O) groups excluding carboxylic acids is 1. The van der Waals surface area contributed by atoms with E-state index in [4.69, 9.17) is 23.2 Å². The van der Waals surface area contributed by atoms with Crippen LogP contribution in [0.15, 0.2) is 24.4 Å². The average Bonchev–Trinajstić information content (AvgIpc) is 2.23. The molecule has 0 fully saturated rings. The zero-order chi connectivity index (χ0) is 11.0. The Hall–Kier alpha value is -1.12. The minimum Gasteiger partial charge on any atom is -0.295 e. The van der Waals surface area contributed by atoms with Gasteiger partial charge >= 0.3 is 0 Å². The van der Waals surface area contributed by atoms with Gasteiger partial charge in [-0.1, -0.05) is 35.3 Å². The van der Waals surface area contributed by atoms with Crippen molar-refractivity contribution >= 4 is 39.8 Å². The van der Waals surface area contributed by atoms with Gasteiger partial charge in [-0.15, -0.1) is 0 Å². The number of halogens is 2. The van der Waals surface area contributed by atoms with Crippen LogP contribution in [0.4, 0.5) is 0 Å². The number of fused-ring (bicyclic) bond motifs is 1. The summed E-state index contributed by atoms with van der Waals surface area (Å²) in [7, 11) is 0. The predicted octanol–water partition coefficient (Wildman–Crippen LogP) is 3.74. The summed E-state index contributed by atoms with van der Waals surface area (Å²) in [6.45, 7) is 1.51. The van der Waals surface area contributed by atoms with Crippen molar-refractivity contribution < 1.29 is 4.79 Å². The third-order valence-electron chi connectivity index (χ3n) is 2.20. The molecule has 0 aliphatic rings. The Bertz CT molecular complexity index is 552. The number of benzene rings is 1. The van der Waals surface area contributed by atoms with Gasteiger partial charge in [-0.3, -0.25) is 4.79 Å². The zero-order valence-corrected chi connectivity index (χ0v) is 9.43. The summed E-state index contributed by atoms with van der Waals surface area (Å²) in [5, 5.41) is 2.40. The minimum atomic E-state index is -0.00654. The molecule has 1 aromatic carbocycles. The van der Waals surface area contributed by atoms with Crippen molar-refractivity contribution in [1.29, 1.82) is 0 Å². The van der Waals surface area contributed by atoms with Gasteiger partial charge in [-0.2, -0.15) is 0 Å². The molecule has 0 unspecified atom stereocenters. The van der Waals surface area contributed by atoms with E-state index in [1.165, 1.54) is 13.1 Å². The van der Waals surface area contributed by atoms with E-state index >= 15 is 0 Å². The minimum absolute atomic E-state index is 0.00654. The van der Waals surface area contributed by atoms with E-state index in [1.54, 1.807) is 18.2 Å². The average molecular weight is 240 g/mol. The predicted molar refractivity (Wildman–Crippen MR) is 61.8 cm³/mol. The molecule has 0 spiro atoms. The number of hydrogen-bond acceptors (Lipinski definition) is 2. The lowest BCUT2D eigenvalue weighted by molar-refractivity contribution is 0.101. The van der Waals surface area contributed by atoms with Crippen LogP contribution in [0.3, 0.4) is 0 Å². The van der Waals surface area contributed by atoms with E-state index in [0.29, 0.717) is 21.1 Å². The second-order valence-electron chi connectivity index (χ2n) is 3.21. The second kappa shape index (κ2) is 3.80. The lowest BCUT2D eigenvalue weighted by atomic mass is 10.1. The molecule has 1 heterocycles. The highest BCUT2D eigenvalue weighted by Crippen LogP contribution is 2.28. The maximum atomic E-state index is 11.2. The molecule has 0 saturated heterocycles. The van der Waals surface area contributed by atoms with Crippen LogP contribution >= 0.6 is 23.2 Å². The molecule has 0 aliphatic carbocycles. The van der Waals surface area contributed by atoms with Crippen molar-refractivity contribution in [2.45, 2.75) is 6.92 Å². The molecule has 4 heteroatoms. The molecule has 1 aromatic heterocycles. The quantitative estimate of drug-likeness (QED) is 0.561. The van der Waals surface area contributed by atoms with Gasteiger partial charge in [-0.05, 0) is 13.0 Å². The van der Waals surface area contributed by atoms with Crippen molar-refractivity contribution in [3.63, 3.8) is 0 Å². The van der Waals surface area contributed by atoms with Gasteiger partial charge in [0.25, 0.3) is 0 Å². The monoisotopic (exact) mass is 239 g/mol. The molecule has 76 valence electrons. The fourth-order valence-corrected chi connectivity index (χ4v) is 1.81. The third kappa shape index (κ3) is 1.83. The van der Waals surface area contributed by atoms with Gasteiger partial charge in [0, 0.05) is 22.5 Å². The molecule has 0 atom stereocenters. The number of Topliss-reactive ketones (excluding diaryl/α,β-unsaturated/α-hetero) is 1. The van der Waals surface area contributed by atoms with Crippen LogP contribution in [-0.2, 0) is 0 Å². The number of pyridine rings is 1. The molecule has 0 radical (unpaired) electrons. The Morgan fingerprint density at radius 1 is 1.27 bits per heavy atom. The van der Waals surface area contributed by atoms with E-state index in [0.717, 1.165) is 5.39 Å². The molecule has 0 N–H and O–H groups in total. The van der Waals surface area contributed by atoms with Crippen molar-refractivity contribution in [1.82, 2.24) is 4.98 Å². The Morgan fingerprint density at radius 3 is 2.67 bits per heavy atom. The van der Waals surface area contributed by atoms with Gasteiger partial charge in [0.05, 0.1) is 5.02 Å². The van der Waals surface area contributed by atoms with E-state index in [9.17, 15) is 4.79 Å². The van der Waals surface area contributed by atoms with Crippen molar-refractivity contribution in [3.8, 4) is 0 Å². The Morgan fingerprint density at radius 2 is 2.00 bits per heavy atom. The summed E-state index contributed by atoms with van der Waals surface area (Å²) in [6.07, 6.45) is 1.50. The van der Waals surface area contributed by atoms with Gasteiger partial charge in [0.1, 0.15) is 5.15 Å². The number of carbonyl (C=O) groups is 1. The van der Waals surface area contributed by atoms with Crippen LogP contribution in [-0.4, -0.2) is 10.8 Å². The molecule has 0 amide bonds. The summed E-state index contributed by atoms with van der Waals surface area (Å²) in [6, 6.07) is 5.22. The molecule has 2 rings (SSSR count). The molecule has 0 bridgehead atoms. The van der Waals surface area contributed by atoms with Crippen LogP contribution in [0.5, 0.6) is 0 Å². The van der Waals surface area contributed by atoms with E-state index in [1.807, 2.05) is 0 Å². The number of aromatic nitrogens is 1. The number of rotatable bonds is 1. The molecule has 0 aliphatic heterocycles. The highest BCUT2D eigenvalue weighted by Gasteiger charge is 2.07. The van der Waals surface area contributed by atoms with Crippen LogP contribution < -0.4 is 0 Å². The van der Waals surface area contributed by atoms with Crippen LogP contribution in [0.25, 0.3) is 10.8 Å². The molecular formula is C11H7Cl2NO. The number of ketones is 1. The van der Waals surface area contributed by atoms with Crippen LogP contribution in [0, 0.1) is 0 Å². The van der Waals surface area contributed by atoms with E-state index < -0.39 is 0 Å².